The van der Waals surface area contributed by atoms with Gasteiger partial charge in [-0.15, -0.1) is 0 Å². The number of anilines is 1. The summed E-state index contributed by atoms with van der Waals surface area (Å²) in [6.45, 7) is 5.22. The van der Waals surface area contributed by atoms with Gasteiger partial charge in [0.05, 0.1) is 25.9 Å². The molecule has 22 heavy (non-hydrogen) atoms. The standard InChI is InChI=1S/C17H25ClN2O2/c1-21-12-17(13-2-3-13)19-15-4-5-16(18)14(10-15)11-20-6-8-22-9-7-20/h4-5,10,13,17,19H,2-3,6-9,11-12H2,1H3/t17-/m1/s1. The Morgan fingerprint density at radius 2 is 2.14 bits per heavy atom. The highest BCUT2D eigenvalue weighted by Crippen LogP contribution is 2.35. The SMILES string of the molecule is COC[C@@H](Nc1ccc(Cl)c(CN2CCOCC2)c1)C1CC1. The van der Waals surface area contributed by atoms with Crippen LogP contribution in [-0.2, 0) is 16.0 Å². The molecule has 1 saturated heterocycles. The van der Waals surface area contributed by atoms with Crippen LogP contribution in [0.2, 0.25) is 5.02 Å². The fourth-order valence-electron chi connectivity index (χ4n) is 2.97. The highest BCUT2D eigenvalue weighted by molar-refractivity contribution is 6.31. The van der Waals surface area contributed by atoms with Crippen molar-refractivity contribution in [3.05, 3.63) is 28.8 Å². The lowest BCUT2D eigenvalue weighted by Crippen LogP contribution is -2.35. The summed E-state index contributed by atoms with van der Waals surface area (Å²) in [6, 6.07) is 6.65. The fourth-order valence-corrected chi connectivity index (χ4v) is 3.15. The first-order chi connectivity index (χ1) is 10.8. The van der Waals surface area contributed by atoms with Crippen molar-refractivity contribution < 1.29 is 9.47 Å². The van der Waals surface area contributed by atoms with E-state index in [-0.39, 0.29) is 0 Å². The monoisotopic (exact) mass is 324 g/mol. The van der Waals surface area contributed by atoms with Crippen molar-refractivity contribution in [1.82, 2.24) is 4.90 Å². The van der Waals surface area contributed by atoms with Crippen molar-refractivity contribution in [2.24, 2.45) is 5.92 Å². The number of rotatable bonds is 7. The molecule has 0 unspecified atom stereocenters. The van der Waals surface area contributed by atoms with Gasteiger partial charge in [0.1, 0.15) is 0 Å². The van der Waals surface area contributed by atoms with Gasteiger partial charge in [-0.2, -0.15) is 0 Å². The number of methoxy groups -OCH3 is 1. The molecule has 5 heteroatoms. The smallest absolute Gasteiger partial charge is 0.0666 e. The topological polar surface area (TPSA) is 33.7 Å². The third-order valence-electron chi connectivity index (χ3n) is 4.43. The van der Waals surface area contributed by atoms with Crippen LogP contribution in [0.4, 0.5) is 5.69 Å². The van der Waals surface area contributed by atoms with E-state index < -0.39 is 0 Å². The highest BCUT2D eigenvalue weighted by atomic mass is 35.5. The van der Waals surface area contributed by atoms with E-state index in [1.165, 1.54) is 18.4 Å². The third kappa shape index (κ3) is 4.35. The Morgan fingerprint density at radius 1 is 1.36 bits per heavy atom. The van der Waals surface area contributed by atoms with Gasteiger partial charge in [0.2, 0.25) is 0 Å². The van der Waals surface area contributed by atoms with Gasteiger partial charge >= 0.3 is 0 Å². The summed E-state index contributed by atoms with van der Waals surface area (Å²) in [5.41, 5.74) is 2.32. The summed E-state index contributed by atoms with van der Waals surface area (Å²) < 4.78 is 10.7. The Morgan fingerprint density at radius 3 is 2.82 bits per heavy atom. The molecule has 1 saturated carbocycles. The highest BCUT2D eigenvalue weighted by Gasteiger charge is 2.31. The van der Waals surface area contributed by atoms with E-state index >= 15 is 0 Å². The van der Waals surface area contributed by atoms with Gasteiger partial charge in [0.25, 0.3) is 0 Å². The van der Waals surface area contributed by atoms with Gasteiger partial charge in [-0.1, -0.05) is 11.6 Å². The summed E-state index contributed by atoms with van der Waals surface area (Å²) in [5, 5.41) is 4.46. The Hall–Kier alpha value is -0.810. The summed E-state index contributed by atoms with van der Waals surface area (Å²) >= 11 is 6.38. The van der Waals surface area contributed by atoms with Crippen LogP contribution in [0.1, 0.15) is 18.4 Å². The lowest BCUT2D eigenvalue weighted by atomic mass is 10.1. The predicted octanol–water partition coefficient (Wildman–Crippen LogP) is 3.01. The average Bonchev–Trinajstić information content (AvgIpc) is 3.36. The fraction of sp³-hybridized carbons (Fsp3) is 0.647. The molecule has 4 nitrogen and oxygen atoms in total. The van der Waals surface area contributed by atoms with Gasteiger partial charge in [0.15, 0.2) is 0 Å². The number of nitrogens with zero attached hydrogens (tertiary/aromatic N) is 1. The number of benzene rings is 1. The molecule has 1 aromatic carbocycles. The van der Waals surface area contributed by atoms with Crippen LogP contribution >= 0.6 is 11.6 Å². The van der Waals surface area contributed by atoms with Crippen LogP contribution in [0.25, 0.3) is 0 Å². The summed E-state index contributed by atoms with van der Waals surface area (Å²) in [6.07, 6.45) is 2.60. The lowest BCUT2D eigenvalue weighted by Gasteiger charge is -2.27. The Balaban J connectivity index is 1.65. The molecular weight excluding hydrogens is 300 g/mol. The van der Waals surface area contributed by atoms with Crippen molar-refractivity contribution in [2.45, 2.75) is 25.4 Å². The van der Waals surface area contributed by atoms with Crippen molar-refractivity contribution in [2.75, 3.05) is 45.3 Å². The number of nitrogens with one attached hydrogen (secondary N) is 1. The summed E-state index contributed by atoms with van der Waals surface area (Å²) in [4.78, 5) is 2.39. The van der Waals surface area contributed by atoms with E-state index in [2.05, 4.69) is 22.3 Å². The first-order valence-electron chi connectivity index (χ1n) is 8.10. The molecule has 1 aliphatic heterocycles. The minimum atomic E-state index is 0.405. The molecular formula is C17H25ClN2O2. The second-order valence-electron chi connectivity index (χ2n) is 6.24. The molecule has 1 heterocycles. The average molecular weight is 325 g/mol. The maximum Gasteiger partial charge on any atom is 0.0666 e. The van der Waals surface area contributed by atoms with Crippen LogP contribution in [0.15, 0.2) is 18.2 Å². The predicted molar refractivity (Wildman–Crippen MR) is 89.6 cm³/mol. The van der Waals surface area contributed by atoms with Gasteiger partial charge < -0.3 is 14.8 Å². The molecule has 3 rings (SSSR count). The van der Waals surface area contributed by atoms with Crippen molar-refractivity contribution in [3.8, 4) is 0 Å². The Labute approximate surface area is 137 Å². The van der Waals surface area contributed by atoms with E-state index in [9.17, 15) is 0 Å². The molecule has 1 atom stereocenters. The van der Waals surface area contributed by atoms with E-state index in [0.717, 1.165) is 56.1 Å². The van der Waals surface area contributed by atoms with Crippen LogP contribution in [0.5, 0.6) is 0 Å². The zero-order chi connectivity index (χ0) is 15.4. The number of ether oxygens (including phenoxy) is 2. The zero-order valence-electron chi connectivity index (χ0n) is 13.2. The van der Waals surface area contributed by atoms with Crippen molar-refractivity contribution >= 4 is 17.3 Å². The summed E-state index contributed by atoms with van der Waals surface area (Å²) in [5.74, 6) is 0.748. The third-order valence-corrected chi connectivity index (χ3v) is 4.80. The second kappa shape index (κ2) is 7.64. The maximum absolute atomic E-state index is 6.38. The Kier molecular flexibility index (Phi) is 5.58. The lowest BCUT2D eigenvalue weighted by molar-refractivity contribution is 0.0342. The molecule has 0 radical (unpaired) electrons. The first kappa shape index (κ1) is 16.1. The molecule has 122 valence electrons. The van der Waals surface area contributed by atoms with Gasteiger partial charge in [-0.3, -0.25) is 4.90 Å². The molecule has 1 aliphatic carbocycles. The zero-order valence-corrected chi connectivity index (χ0v) is 13.9. The van der Waals surface area contributed by atoms with Crippen molar-refractivity contribution in [3.63, 3.8) is 0 Å². The number of hydrogen-bond donors (Lipinski definition) is 1. The first-order valence-corrected chi connectivity index (χ1v) is 8.48. The molecule has 0 spiro atoms. The van der Waals surface area contributed by atoms with Crippen LogP contribution in [0, 0.1) is 5.92 Å². The second-order valence-corrected chi connectivity index (χ2v) is 6.65. The minimum absolute atomic E-state index is 0.405. The minimum Gasteiger partial charge on any atom is -0.383 e. The number of halogens is 1. The molecule has 2 fully saturated rings. The Bertz CT molecular complexity index is 488. The van der Waals surface area contributed by atoms with E-state index in [4.69, 9.17) is 21.1 Å². The number of morpholine rings is 1. The quantitative estimate of drug-likeness (QED) is 0.836. The van der Waals surface area contributed by atoms with Gasteiger partial charge in [0, 0.05) is 37.5 Å². The van der Waals surface area contributed by atoms with Crippen LogP contribution < -0.4 is 5.32 Å². The molecule has 0 bridgehead atoms. The largest absolute Gasteiger partial charge is 0.383 e. The van der Waals surface area contributed by atoms with E-state index in [0.29, 0.717) is 6.04 Å². The maximum atomic E-state index is 6.38. The van der Waals surface area contributed by atoms with Crippen LogP contribution in [0.3, 0.4) is 0 Å². The van der Waals surface area contributed by atoms with Crippen LogP contribution in [-0.4, -0.2) is 51.0 Å². The normalized spacial score (nSPS) is 20.8. The van der Waals surface area contributed by atoms with E-state index in [1.54, 1.807) is 7.11 Å². The molecule has 0 aromatic heterocycles. The molecule has 0 amide bonds. The van der Waals surface area contributed by atoms with Crippen molar-refractivity contribution in [1.29, 1.82) is 0 Å². The molecule has 1 aromatic rings. The molecule has 1 N–H and O–H groups in total. The van der Waals surface area contributed by atoms with Gasteiger partial charge in [-0.05, 0) is 42.5 Å². The number of hydrogen-bond acceptors (Lipinski definition) is 4. The van der Waals surface area contributed by atoms with E-state index in [1.807, 2.05) is 6.07 Å². The summed E-state index contributed by atoms with van der Waals surface area (Å²) in [7, 11) is 1.77. The molecule has 2 aliphatic rings. The van der Waals surface area contributed by atoms with Gasteiger partial charge in [-0.25, -0.2) is 0 Å².